The Labute approximate surface area is 152 Å². The molecule has 2 aromatic carbocycles. The van der Waals surface area contributed by atoms with Gasteiger partial charge >= 0.3 is 0 Å². The second kappa shape index (κ2) is 6.90. The third-order valence-corrected chi connectivity index (χ3v) is 8.81. The molecule has 2 aromatic heterocycles. The Morgan fingerprint density at radius 3 is 1.88 bits per heavy atom. The Morgan fingerprint density at radius 2 is 1.29 bits per heavy atom. The van der Waals surface area contributed by atoms with Crippen molar-refractivity contribution in [3.63, 3.8) is 0 Å². The minimum absolute atomic E-state index is 0. The summed E-state index contributed by atoms with van der Waals surface area (Å²) in [6.45, 7) is 0. The zero-order valence-corrected chi connectivity index (χ0v) is 15.3. The van der Waals surface area contributed by atoms with E-state index in [0.29, 0.717) is 0 Å². The lowest BCUT2D eigenvalue weighted by Gasteiger charge is -2.23. The summed E-state index contributed by atoms with van der Waals surface area (Å²) in [6.07, 6.45) is 3.99. The molecule has 0 radical (unpaired) electrons. The lowest BCUT2D eigenvalue weighted by atomic mass is 10.4. The summed E-state index contributed by atoms with van der Waals surface area (Å²) >= 11 is 6.33. The minimum atomic E-state index is -2.14. The molecule has 0 saturated carbocycles. The monoisotopic (exact) mass is 370 g/mol. The summed E-state index contributed by atoms with van der Waals surface area (Å²) < 4.78 is 2.13. The predicted octanol–water partition coefficient (Wildman–Crippen LogP) is 3.51. The highest BCUT2D eigenvalue weighted by Gasteiger charge is 2.27. The van der Waals surface area contributed by atoms with Crippen molar-refractivity contribution in [2.75, 3.05) is 0 Å². The van der Waals surface area contributed by atoms with E-state index in [2.05, 4.69) is 57.9 Å². The minimum Gasteiger partial charge on any atom is -0.299 e. The smallest absolute Gasteiger partial charge is 0.137 e. The van der Waals surface area contributed by atoms with Gasteiger partial charge in [-0.2, -0.15) is 0 Å². The van der Waals surface area contributed by atoms with Gasteiger partial charge in [0.1, 0.15) is 5.65 Å². The molecule has 0 saturated heterocycles. The second-order valence-electron chi connectivity index (χ2n) is 5.33. The highest BCUT2D eigenvalue weighted by molar-refractivity contribution is 8.25. The van der Waals surface area contributed by atoms with Gasteiger partial charge in [0.25, 0.3) is 0 Å². The summed E-state index contributed by atoms with van der Waals surface area (Å²) in [5, 5.41) is 2.37. The molecule has 0 aliphatic rings. The number of rotatable bonds is 3. The number of nitrogens with zero attached hydrogens (tertiary/aromatic N) is 2. The number of halogens is 1. The third kappa shape index (κ3) is 2.69. The van der Waals surface area contributed by atoms with Crippen molar-refractivity contribution in [1.82, 2.24) is 9.38 Å². The maximum absolute atomic E-state index is 6.33. The van der Waals surface area contributed by atoms with E-state index in [9.17, 15) is 0 Å². The molecular weight excluding hydrogens is 355 g/mol. The van der Waals surface area contributed by atoms with E-state index in [1.54, 1.807) is 0 Å². The molecule has 4 aromatic rings. The van der Waals surface area contributed by atoms with Crippen LogP contribution in [0, 0.1) is 0 Å². The third-order valence-electron chi connectivity index (χ3n) is 3.96. The van der Waals surface area contributed by atoms with Crippen LogP contribution < -0.4 is 16.0 Å². The quantitative estimate of drug-likeness (QED) is 0.513. The van der Waals surface area contributed by atoms with Crippen LogP contribution in [-0.4, -0.2) is 9.38 Å². The van der Waals surface area contributed by atoms with Crippen LogP contribution in [0.5, 0.6) is 0 Å². The van der Waals surface area contributed by atoms with E-state index in [-0.39, 0.29) is 12.4 Å². The molecule has 0 aliphatic carbocycles. The molecule has 0 amide bonds. The molecule has 0 atom stereocenters. The number of hydrogen-bond donors (Lipinski definition) is 0. The fourth-order valence-corrected chi connectivity index (χ4v) is 6.68. The average molecular weight is 371 g/mol. The Kier molecular flexibility index (Phi) is 4.86. The summed E-state index contributed by atoms with van der Waals surface area (Å²) in [4.78, 5) is 4.56. The molecule has 120 valence electrons. The van der Waals surface area contributed by atoms with Crippen LogP contribution in [0.4, 0.5) is 0 Å². The molecule has 0 aliphatic heterocycles. The SMILES string of the molecule is Cl.S=P(c1ccccc1)(c1ccccc1)c1cnc2ccccn12. The largest absolute Gasteiger partial charge is 0.299 e. The van der Waals surface area contributed by atoms with E-state index in [1.807, 2.05) is 42.7 Å². The Hall–Kier alpha value is -1.93. The summed E-state index contributed by atoms with van der Waals surface area (Å²) in [7, 11) is 0. The van der Waals surface area contributed by atoms with Crippen molar-refractivity contribution >= 4 is 51.9 Å². The van der Waals surface area contributed by atoms with Gasteiger partial charge in [-0.1, -0.05) is 78.5 Å². The zero-order chi connectivity index (χ0) is 15.7. The van der Waals surface area contributed by atoms with E-state index in [0.717, 1.165) is 11.1 Å². The Balaban J connectivity index is 0.00000169. The van der Waals surface area contributed by atoms with Gasteiger partial charge < -0.3 is 0 Å². The van der Waals surface area contributed by atoms with Crippen molar-refractivity contribution in [1.29, 1.82) is 0 Å². The molecule has 0 spiro atoms. The summed E-state index contributed by atoms with van der Waals surface area (Å²) in [6, 6.07) is 24.7. The van der Waals surface area contributed by atoms with Crippen molar-refractivity contribution in [3.8, 4) is 0 Å². The normalized spacial score (nSPS) is 11.2. The van der Waals surface area contributed by atoms with Crippen LogP contribution in [0.2, 0.25) is 0 Å². The molecule has 24 heavy (non-hydrogen) atoms. The van der Waals surface area contributed by atoms with Crippen molar-refractivity contribution < 1.29 is 0 Å². The van der Waals surface area contributed by atoms with Crippen LogP contribution in [0.15, 0.2) is 91.3 Å². The second-order valence-corrected chi connectivity index (χ2v) is 9.68. The highest BCUT2D eigenvalue weighted by atomic mass is 35.5. The standard InChI is InChI=1S/C19H15N2PS.ClH/c23-22(16-9-3-1-4-10-16,17-11-5-2-6-12-17)19-15-20-18-13-7-8-14-21(18)19;/h1-15H;1H. The number of pyridine rings is 1. The van der Waals surface area contributed by atoms with Crippen LogP contribution >= 0.6 is 18.4 Å². The zero-order valence-electron chi connectivity index (χ0n) is 12.8. The summed E-state index contributed by atoms with van der Waals surface area (Å²) in [5.41, 5.74) is 2.03. The van der Waals surface area contributed by atoms with Crippen molar-refractivity contribution in [3.05, 3.63) is 91.3 Å². The van der Waals surface area contributed by atoms with Crippen LogP contribution in [0.25, 0.3) is 5.65 Å². The number of aromatic nitrogens is 2. The van der Waals surface area contributed by atoms with Crippen molar-refractivity contribution in [2.24, 2.45) is 0 Å². The Morgan fingerprint density at radius 1 is 0.750 bits per heavy atom. The molecule has 5 heteroatoms. The lowest BCUT2D eigenvalue weighted by molar-refractivity contribution is 1.22. The first kappa shape index (κ1) is 16.9. The first-order valence-corrected chi connectivity index (χ1v) is 10.2. The van der Waals surface area contributed by atoms with E-state index in [4.69, 9.17) is 11.8 Å². The van der Waals surface area contributed by atoms with Gasteiger partial charge in [0.05, 0.1) is 17.7 Å². The molecule has 2 heterocycles. The van der Waals surface area contributed by atoms with E-state index in [1.165, 1.54) is 10.6 Å². The Bertz CT molecular complexity index is 956. The van der Waals surface area contributed by atoms with Crippen molar-refractivity contribution in [2.45, 2.75) is 0 Å². The van der Waals surface area contributed by atoms with Gasteiger partial charge in [0.2, 0.25) is 0 Å². The maximum atomic E-state index is 6.33. The first-order chi connectivity index (χ1) is 11.3. The van der Waals surface area contributed by atoms with Gasteiger partial charge in [-0.15, -0.1) is 12.4 Å². The number of fused-ring (bicyclic) bond motifs is 1. The molecule has 0 bridgehead atoms. The molecule has 4 rings (SSSR count). The van der Waals surface area contributed by atoms with Gasteiger partial charge in [-0.05, 0) is 22.7 Å². The fraction of sp³-hybridized carbons (Fsp3) is 0. The molecule has 0 unspecified atom stereocenters. The van der Waals surface area contributed by atoms with Gasteiger partial charge in [0, 0.05) is 6.20 Å². The topological polar surface area (TPSA) is 17.3 Å². The molecular formula is C19H16ClN2PS. The fourth-order valence-electron chi connectivity index (χ4n) is 2.84. The van der Waals surface area contributed by atoms with E-state index >= 15 is 0 Å². The highest BCUT2D eigenvalue weighted by Crippen LogP contribution is 2.42. The van der Waals surface area contributed by atoms with Gasteiger partial charge in [-0.3, -0.25) is 4.40 Å². The molecule has 2 nitrogen and oxygen atoms in total. The van der Waals surface area contributed by atoms with Gasteiger partial charge in [0.15, 0.2) is 0 Å². The van der Waals surface area contributed by atoms with E-state index < -0.39 is 6.04 Å². The number of hydrogen-bond acceptors (Lipinski definition) is 2. The predicted molar refractivity (Wildman–Crippen MR) is 109 cm³/mol. The first-order valence-electron chi connectivity index (χ1n) is 7.44. The average Bonchev–Trinajstić information content (AvgIpc) is 3.07. The van der Waals surface area contributed by atoms with Crippen LogP contribution in [-0.2, 0) is 11.8 Å². The molecule has 0 fully saturated rings. The number of imidazole rings is 1. The summed E-state index contributed by atoms with van der Waals surface area (Å²) in [5.74, 6) is 0. The van der Waals surface area contributed by atoms with Crippen LogP contribution in [0.3, 0.4) is 0 Å². The maximum Gasteiger partial charge on any atom is 0.137 e. The molecule has 0 N–H and O–H groups in total. The van der Waals surface area contributed by atoms with Gasteiger partial charge in [-0.25, -0.2) is 4.98 Å². The lowest BCUT2D eigenvalue weighted by Crippen LogP contribution is -2.27. The number of benzene rings is 2. The van der Waals surface area contributed by atoms with Crippen LogP contribution in [0.1, 0.15) is 0 Å².